The first-order valence-corrected chi connectivity index (χ1v) is 13.3. The lowest BCUT2D eigenvalue weighted by atomic mass is 9.94. The molecular weight excluding hydrogens is 531 g/mol. The number of benzene rings is 2. The Bertz CT molecular complexity index is 1130. The van der Waals surface area contributed by atoms with Crippen molar-refractivity contribution in [1.82, 2.24) is 15.9 Å². The molecule has 12 heteroatoms. The van der Waals surface area contributed by atoms with Crippen LogP contribution in [0.5, 0.6) is 0 Å². The summed E-state index contributed by atoms with van der Waals surface area (Å²) in [6.45, 7) is 3.27. The summed E-state index contributed by atoms with van der Waals surface area (Å²) in [6.07, 6.45) is 1.94. The van der Waals surface area contributed by atoms with E-state index in [0.29, 0.717) is 31.1 Å². The van der Waals surface area contributed by atoms with E-state index in [2.05, 4.69) is 16.2 Å². The van der Waals surface area contributed by atoms with Gasteiger partial charge in [0.1, 0.15) is 5.00 Å². The number of hydrazine groups is 2. The Morgan fingerprint density at radius 1 is 1.26 bits per heavy atom. The second-order valence-electron chi connectivity index (χ2n) is 9.54. The molecule has 2 aliphatic rings. The number of carbonyl (C=O) groups is 2. The Morgan fingerprint density at radius 2 is 2.03 bits per heavy atom. The van der Waals surface area contributed by atoms with Crippen LogP contribution < -0.4 is 26.8 Å². The molecule has 0 radical (unpaired) electrons. The number of hydrogen-bond donors (Lipinski definition) is 4. The average Bonchev–Trinajstić information content (AvgIpc) is 2.90. The van der Waals surface area contributed by atoms with Gasteiger partial charge in [-0.1, -0.05) is 35.3 Å². The highest BCUT2D eigenvalue weighted by molar-refractivity contribution is 6.30. The van der Waals surface area contributed by atoms with Crippen LogP contribution in [0, 0.1) is 0 Å². The zero-order chi connectivity index (χ0) is 27.3. The van der Waals surface area contributed by atoms with Crippen molar-refractivity contribution in [2.75, 3.05) is 37.2 Å². The maximum absolute atomic E-state index is 12.4. The van der Waals surface area contributed by atoms with Crippen molar-refractivity contribution >= 4 is 46.5 Å². The van der Waals surface area contributed by atoms with Crippen molar-refractivity contribution in [3.8, 4) is 0 Å². The molecule has 0 aliphatic carbocycles. The molecule has 5 N–H and O–H groups in total. The number of carbonyl (C=O) groups excluding carboxylic acids is 2. The van der Waals surface area contributed by atoms with Gasteiger partial charge >= 0.3 is 5.97 Å². The number of cyclic esters (lactones) is 1. The van der Waals surface area contributed by atoms with Crippen LogP contribution in [-0.4, -0.2) is 61.0 Å². The summed E-state index contributed by atoms with van der Waals surface area (Å²) in [7, 11) is 1.96. The molecule has 1 amide bonds. The third kappa shape index (κ3) is 6.69. The highest BCUT2D eigenvalue weighted by Gasteiger charge is 2.42. The summed E-state index contributed by atoms with van der Waals surface area (Å²) in [4.78, 5) is 25.7. The highest BCUT2D eigenvalue weighted by atomic mass is 35.5. The number of nitrogens with one attached hydrogen (secondary N) is 3. The van der Waals surface area contributed by atoms with Crippen LogP contribution >= 0.6 is 23.2 Å². The molecule has 1 fully saturated rings. The van der Waals surface area contributed by atoms with E-state index in [1.165, 1.54) is 5.12 Å². The Balaban J connectivity index is 1.30. The van der Waals surface area contributed by atoms with Crippen LogP contribution in [0.4, 0.5) is 11.4 Å². The van der Waals surface area contributed by atoms with Crippen molar-refractivity contribution in [2.45, 2.75) is 49.9 Å². The van der Waals surface area contributed by atoms with Crippen LogP contribution in [0.3, 0.4) is 0 Å². The van der Waals surface area contributed by atoms with Crippen molar-refractivity contribution < 1.29 is 19.1 Å². The zero-order valence-electron chi connectivity index (χ0n) is 21.5. The summed E-state index contributed by atoms with van der Waals surface area (Å²) in [5, 5.41) is 4.86. The molecule has 3 unspecified atom stereocenters. The van der Waals surface area contributed by atoms with E-state index in [0.717, 1.165) is 35.3 Å². The summed E-state index contributed by atoms with van der Waals surface area (Å²) in [5.74, 6) is -1.08. The van der Waals surface area contributed by atoms with Gasteiger partial charge in [0.05, 0.1) is 18.4 Å². The number of halogens is 2. The lowest BCUT2D eigenvalue weighted by molar-refractivity contribution is -0.166. The summed E-state index contributed by atoms with van der Waals surface area (Å²) in [6, 6.07) is 12.3. The molecule has 38 heavy (non-hydrogen) atoms. The number of amides is 1. The van der Waals surface area contributed by atoms with Crippen LogP contribution in [0.15, 0.2) is 42.5 Å². The fraction of sp³-hybridized carbons (Fsp3) is 0.462. The molecule has 10 nitrogen and oxygen atoms in total. The van der Waals surface area contributed by atoms with Gasteiger partial charge in [0.2, 0.25) is 5.91 Å². The van der Waals surface area contributed by atoms with E-state index >= 15 is 0 Å². The number of nitrogens with zero attached hydrogens (tertiary/aromatic N) is 2. The van der Waals surface area contributed by atoms with E-state index in [4.69, 9.17) is 38.4 Å². The maximum Gasteiger partial charge on any atom is 0.335 e. The van der Waals surface area contributed by atoms with Gasteiger partial charge < -0.3 is 30.8 Å². The van der Waals surface area contributed by atoms with Gasteiger partial charge in [-0.2, -0.15) is 0 Å². The third-order valence-electron chi connectivity index (χ3n) is 6.77. The number of unbranched alkanes of at least 4 members (excludes halogenated alkanes) is 1. The van der Waals surface area contributed by atoms with Crippen LogP contribution in [0.1, 0.15) is 30.9 Å². The predicted octanol–water partition coefficient (Wildman–Crippen LogP) is 2.74. The van der Waals surface area contributed by atoms with E-state index in [9.17, 15) is 9.59 Å². The first-order chi connectivity index (χ1) is 18.2. The van der Waals surface area contributed by atoms with Gasteiger partial charge in [-0.15, -0.1) is 5.12 Å². The van der Waals surface area contributed by atoms with E-state index in [-0.39, 0.29) is 12.8 Å². The van der Waals surface area contributed by atoms with Gasteiger partial charge in [0, 0.05) is 30.7 Å². The molecule has 0 saturated carbocycles. The molecule has 206 valence electrons. The standard InChI is InChI=1S/C26H34Cl2N6O4/c1-26(28)22(14-18-13-19(27)7-10-21(18)33(26)2)37-15-17-5-8-20(9-6-17)31-34-16-38-25(36)23(32-34)24(35)30-12-4-3-11-29/h5-10,13,22-23,31-32H,3-4,11-12,14-16,29H2,1-2H3,(H,30,35). The van der Waals surface area contributed by atoms with Crippen molar-refractivity contribution in [3.05, 3.63) is 58.6 Å². The number of anilines is 2. The number of hydrogen-bond acceptors (Lipinski definition) is 9. The molecule has 2 aromatic carbocycles. The second kappa shape index (κ2) is 12.5. The molecule has 0 aromatic heterocycles. The number of rotatable bonds is 10. The Hall–Kier alpha value is -2.60. The minimum atomic E-state index is -1.14. The number of fused-ring (bicyclic) bond motifs is 1. The van der Waals surface area contributed by atoms with Crippen molar-refractivity contribution in [2.24, 2.45) is 5.73 Å². The topological polar surface area (TPSA) is 121 Å². The molecule has 0 bridgehead atoms. The number of esters is 1. The quantitative estimate of drug-likeness (QED) is 0.113. The normalized spacial score (nSPS) is 23.5. The van der Waals surface area contributed by atoms with Crippen LogP contribution in [-0.2, 0) is 32.1 Å². The monoisotopic (exact) mass is 564 g/mol. The second-order valence-corrected chi connectivity index (χ2v) is 10.7. The van der Waals surface area contributed by atoms with Gasteiger partial charge in [-0.3, -0.25) is 4.79 Å². The molecule has 2 heterocycles. The largest absolute Gasteiger partial charge is 0.445 e. The minimum Gasteiger partial charge on any atom is -0.445 e. The molecule has 2 aliphatic heterocycles. The fourth-order valence-electron chi connectivity index (χ4n) is 4.39. The minimum absolute atomic E-state index is 0.0599. The Kier molecular flexibility index (Phi) is 9.35. The fourth-order valence-corrected chi connectivity index (χ4v) is 4.82. The lowest BCUT2D eigenvalue weighted by Crippen LogP contribution is -2.62. The molecular formula is C26H34Cl2N6O4. The molecule has 2 aromatic rings. The smallest absolute Gasteiger partial charge is 0.335 e. The van der Waals surface area contributed by atoms with Crippen LogP contribution in [0.25, 0.3) is 0 Å². The highest BCUT2D eigenvalue weighted by Crippen LogP contribution is 2.41. The lowest BCUT2D eigenvalue weighted by Gasteiger charge is -2.45. The van der Waals surface area contributed by atoms with Crippen LogP contribution in [0.2, 0.25) is 5.02 Å². The molecule has 3 atom stereocenters. The molecule has 0 spiro atoms. The Morgan fingerprint density at radius 3 is 2.76 bits per heavy atom. The summed E-state index contributed by atoms with van der Waals surface area (Å²) < 4.78 is 11.4. The average molecular weight is 566 g/mol. The van der Waals surface area contributed by atoms with Gasteiger partial charge in [-0.05, 0) is 67.8 Å². The third-order valence-corrected chi connectivity index (χ3v) is 7.50. The first-order valence-electron chi connectivity index (χ1n) is 12.6. The van der Waals surface area contributed by atoms with E-state index in [1.807, 2.05) is 61.3 Å². The van der Waals surface area contributed by atoms with Gasteiger partial charge in [0.15, 0.2) is 12.8 Å². The number of nitrogens with two attached hydrogens (primary N) is 1. The van der Waals surface area contributed by atoms with Crippen molar-refractivity contribution in [3.63, 3.8) is 0 Å². The molecule has 4 rings (SSSR count). The zero-order valence-corrected chi connectivity index (χ0v) is 23.0. The van der Waals surface area contributed by atoms with Gasteiger partial charge in [0.25, 0.3) is 0 Å². The molecule has 1 saturated heterocycles. The van der Waals surface area contributed by atoms with E-state index in [1.54, 1.807) is 0 Å². The number of ether oxygens (including phenoxy) is 2. The summed E-state index contributed by atoms with van der Waals surface area (Å²) in [5.41, 5.74) is 15.3. The number of alkyl halides is 1. The van der Waals surface area contributed by atoms with E-state index < -0.39 is 22.9 Å². The summed E-state index contributed by atoms with van der Waals surface area (Å²) >= 11 is 13.1. The van der Waals surface area contributed by atoms with Gasteiger partial charge in [-0.25, -0.2) is 10.2 Å². The Labute approximate surface area is 232 Å². The SMILES string of the molecule is CN1c2ccc(Cl)cc2CC(OCc2ccc(NN3COC(=O)C(C(=O)NCCCCN)N3)cc2)C1(C)Cl. The maximum atomic E-state index is 12.4. The number of likely N-dealkylation sites (N-methyl/N-ethyl adjacent to an activating group) is 1. The van der Waals surface area contributed by atoms with Crippen molar-refractivity contribution in [1.29, 1.82) is 0 Å². The first kappa shape index (κ1) is 28.4. The predicted molar refractivity (Wildman–Crippen MR) is 147 cm³/mol.